The molecule has 0 bridgehead atoms. The SMILES string of the molecule is CCCNC(C(C)CCC)C(OC)OC. The van der Waals surface area contributed by atoms with Crippen LogP contribution in [0.2, 0.25) is 0 Å². The van der Waals surface area contributed by atoms with Gasteiger partial charge in [-0.25, -0.2) is 0 Å². The molecule has 0 aromatic carbocycles. The Hall–Kier alpha value is -0.120. The van der Waals surface area contributed by atoms with E-state index in [-0.39, 0.29) is 6.29 Å². The van der Waals surface area contributed by atoms with Gasteiger partial charge in [-0.15, -0.1) is 0 Å². The first-order valence-electron chi connectivity index (χ1n) is 6.00. The normalized spacial score (nSPS) is 15.6. The molecule has 2 atom stereocenters. The predicted molar refractivity (Wildman–Crippen MR) is 64.0 cm³/mol. The van der Waals surface area contributed by atoms with Crippen LogP contribution in [0.5, 0.6) is 0 Å². The molecule has 0 aliphatic rings. The van der Waals surface area contributed by atoms with Gasteiger partial charge in [-0.3, -0.25) is 0 Å². The highest BCUT2D eigenvalue weighted by Gasteiger charge is 2.25. The maximum Gasteiger partial charge on any atom is 0.172 e. The van der Waals surface area contributed by atoms with Crippen LogP contribution in [0.3, 0.4) is 0 Å². The minimum absolute atomic E-state index is 0.141. The molecule has 0 amide bonds. The zero-order valence-electron chi connectivity index (χ0n) is 10.9. The van der Waals surface area contributed by atoms with Crippen molar-refractivity contribution >= 4 is 0 Å². The van der Waals surface area contributed by atoms with Crippen molar-refractivity contribution in [2.45, 2.75) is 52.4 Å². The topological polar surface area (TPSA) is 30.5 Å². The van der Waals surface area contributed by atoms with Gasteiger partial charge in [0.2, 0.25) is 0 Å². The molecular weight excluding hydrogens is 190 g/mol. The summed E-state index contributed by atoms with van der Waals surface area (Å²) < 4.78 is 10.7. The van der Waals surface area contributed by atoms with Gasteiger partial charge in [0.05, 0.1) is 6.04 Å². The molecule has 0 fully saturated rings. The Labute approximate surface area is 94.5 Å². The van der Waals surface area contributed by atoms with Crippen LogP contribution in [0.25, 0.3) is 0 Å². The molecule has 0 aromatic heterocycles. The van der Waals surface area contributed by atoms with Gasteiger partial charge in [0.25, 0.3) is 0 Å². The average molecular weight is 217 g/mol. The Morgan fingerprint density at radius 1 is 1.07 bits per heavy atom. The lowest BCUT2D eigenvalue weighted by Gasteiger charge is -2.30. The molecule has 0 saturated heterocycles. The van der Waals surface area contributed by atoms with Gasteiger partial charge < -0.3 is 14.8 Å². The lowest BCUT2D eigenvalue weighted by Crippen LogP contribution is -2.46. The molecule has 0 spiro atoms. The van der Waals surface area contributed by atoms with E-state index < -0.39 is 0 Å². The molecule has 0 aliphatic heterocycles. The highest BCUT2D eigenvalue weighted by molar-refractivity contribution is 4.76. The van der Waals surface area contributed by atoms with E-state index in [4.69, 9.17) is 9.47 Å². The van der Waals surface area contributed by atoms with E-state index in [2.05, 4.69) is 26.1 Å². The van der Waals surface area contributed by atoms with Gasteiger partial charge in [0.15, 0.2) is 6.29 Å². The Bertz CT molecular complexity index is 138. The second-order valence-corrected chi connectivity index (χ2v) is 4.09. The molecule has 0 saturated carbocycles. The number of methoxy groups -OCH3 is 2. The van der Waals surface area contributed by atoms with E-state index in [1.165, 1.54) is 12.8 Å². The van der Waals surface area contributed by atoms with Gasteiger partial charge in [-0.05, 0) is 25.3 Å². The Morgan fingerprint density at radius 3 is 2.07 bits per heavy atom. The maximum atomic E-state index is 5.34. The summed E-state index contributed by atoms with van der Waals surface area (Å²) in [6.07, 6.45) is 3.39. The lowest BCUT2D eigenvalue weighted by atomic mass is 9.96. The van der Waals surface area contributed by atoms with E-state index in [0.29, 0.717) is 12.0 Å². The summed E-state index contributed by atoms with van der Waals surface area (Å²) in [6.45, 7) is 7.65. The zero-order chi connectivity index (χ0) is 11.7. The summed E-state index contributed by atoms with van der Waals surface area (Å²) >= 11 is 0. The smallest absolute Gasteiger partial charge is 0.172 e. The van der Waals surface area contributed by atoms with Crippen LogP contribution in [0.1, 0.15) is 40.0 Å². The molecular formula is C12H27NO2. The van der Waals surface area contributed by atoms with Crippen molar-refractivity contribution in [3.05, 3.63) is 0 Å². The molecule has 0 aliphatic carbocycles. The fourth-order valence-electron chi connectivity index (χ4n) is 1.90. The predicted octanol–water partition coefficient (Wildman–Crippen LogP) is 2.41. The molecule has 3 heteroatoms. The van der Waals surface area contributed by atoms with Crippen molar-refractivity contribution in [1.82, 2.24) is 5.32 Å². The van der Waals surface area contributed by atoms with Crippen LogP contribution < -0.4 is 5.32 Å². The number of ether oxygens (including phenoxy) is 2. The average Bonchev–Trinajstić information content (AvgIpc) is 2.24. The molecule has 0 radical (unpaired) electrons. The molecule has 0 heterocycles. The fraction of sp³-hybridized carbons (Fsp3) is 1.00. The number of rotatable bonds is 9. The van der Waals surface area contributed by atoms with Crippen molar-refractivity contribution in [1.29, 1.82) is 0 Å². The second kappa shape index (κ2) is 9.13. The van der Waals surface area contributed by atoms with Crippen molar-refractivity contribution in [2.75, 3.05) is 20.8 Å². The summed E-state index contributed by atoms with van der Waals surface area (Å²) in [7, 11) is 3.40. The largest absolute Gasteiger partial charge is 0.354 e. The van der Waals surface area contributed by atoms with Crippen LogP contribution in [0, 0.1) is 5.92 Å². The van der Waals surface area contributed by atoms with E-state index >= 15 is 0 Å². The molecule has 0 rings (SSSR count). The zero-order valence-corrected chi connectivity index (χ0v) is 10.9. The number of nitrogens with one attached hydrogen (secondary N) is 1. The standard InChI is InChI=1S/C12H27NO2/c1-6-8-10(3)11(13-9-7-2)12(14-4)15-5/h10-13H,6-9H2,1-5H3. The van der Waals surface area contributed by atoms with Gasteiger partial charge >= 0.3 is 0 Å². The summed E-state index contributed by atoms with van der Waals surface area (Å²) in [5.74, 6) is 0.575. The van der Waals surface area contributed by atoms with Crippen LogP contribution in [-0.4, -0.2) is 33.1 Å². The van der Waals surface area contributed by atoms with Crippen molar-refractivity contribution in [2.24, 2.45) is 5.92 Å². The third-order valence-electron chi connectivity index (χ3n) is 2.74. The summed E-state index contributed by atoms with van der Waals surface area (Å²) in [5.41, 5.74) is 0. The summed E-state index contributed by atoms with van der Waals surface area (Å²) in [4.78, 5) is 0. The van der Waals surface area contributed by atoms with Crippen LogP contribution in [-0.2, 0) is 9.47 Å². The first-order valence-corrected chi connectivity index (χ1v) is 6.00. The first-order chi connectivity index (χ1) is 7.21. The second-order valence-electron chi connectivity index (χ2n) is 4.09. The lowest BCUT2D eigenvalue weighted by molar-refractivity contribution is -0.132. The molecule has 2 unspecified atom stereocenters. The van der Waals surface area contributed by atoms with Crippen molar-refractivity contribution in [3.63, 3.8) is 0 Å². The monoisotopic (exact) mass is 217 g/mol. The minimum Gasteiger partial charge on any atom is -0.354 e. The highest BCUT2D eigenvalue weighted by Crippen LogP contribution is 2.16. The van der Waals surface area contributed by atoms with E-state index in [1.807, 2.05) is 0 Å². The Kier molecular flexibility index (Phi) is 9.06. The minimum atomic E-state index is -0.141. The molecule has 0 aromatic rings. The highest BCUT2D eigenvalue weighted by atomic mass is 16.7. The molecule has 1 N–H and O–H groups in total. The summed E-state index contributed by atoms with van der Waals surface area (Å²) in [6, 6.07) is 0.292. The number of hydrogen-bond acceptors (Lipinski definition) is 3. The van der Waals surface area contributed by atoms with E-state index in [1.54, 1.807) is 14.2 Å². The van der Waals surface area contributed by atoms with Crippen LogP contribution in [0.15, 0.2) is 0 Å². The quantitative estimate of drug-likeness (QED) is 0.602. The van der Waals surface area contributed by atoms with E-state index in [9.17, 15) is 0 Å². The molecule has 92 valence electrons. The van der Waals surface area contributed by atoms with Gasteiger partial charge in [0.1, 0.15) is 0 Å². The molecule has 15 heavy (non-hydrogen) atoms. The maximum absolute atomic E-state index is 5.34. The Morgan fingerprint density at radius 2 is 1.67 bits per heavy atom. The number of hydrogen-bond donors (Lipinski definition) is 1. The van der Waals surface area contributed by atoms with E-state index in [0.717, 1.165) is 13.0 Å². The van der Waals surface area contributed by atoms with Crippen molar-refractivity contribution in [3.8, 4) is 0 Å². The van der Waals surface area contributed by atoms with Crippen LogP contribution in [0.4, 0.5) is 0 Å². The molecule has 3 nitrogen and oxygen atoms in total. The summed E-state index contributed by atoms with van der Waals surface area (Å²) in [5, 5.41) is 3.51. The van der Waals surface area contributed by atoms with Crippen LogP contribution >= 0.6 is 0 Å². The third-order valence-corrected chi connectivity index (χ3v) is 2.74. The Balaban J connectivity index is 4.25. The van der Waals surface area contributed by atoms with Gasteiger partial charge in [-0.1, -0.05) is 27.2 Å². The van der Waals surface area contributed by atoms with Crippen molar-refractivity contribution < 1.29 is 9.47 Å². The van der Waals surface area contributed by atoms with Gasteiger partial charge in [0, 0.05) is 14.2 Å². The first kappa shape index (κ1) is 14.9. The third kappa shape index (κ3) is 5.50. The fourth-order valence-corrected chi connectivity index (χ4v) is 1.90. The van der Waals surface area contributed by atoms with Gasteiger partial charge in [-0.2, -0.15) is 0 Å².